The summed E-state index contributed by atoms with van der Waals surface area (Å²) < 4.78 is 54.5. The number of methoxy groups -OCH3 is 1. The molecule has 1 N–H and O–H groups in total. The van der Waals surface area contributed by atoms with Gasteiger partial charge in [0, 0.05) is 11.6 Å². The van der Waals surface area contributed by atoms with E-state index in [1.807, 2.05) is 0 Å². The summed E-state index contributed by atoms with van der Waals surface area (Å²) in [6, 6.07) is 1.10. The largest absolute Gasteiger partial charge is 0.493 e. The van der Waals surface area contributed by atoms with Crippen LogP contribution in [-0.4, -0.2) is 18.6 Å². The van der Waals surface area contributed by atoms with Crippen LogP contribution in [0.1, 0.15) is 11.7 Å². The van der Waals surface area contributed by atoms with Crippen molar-refractivity contribution in [1.82, 2.24) is 0 Å². The maximum Gasteiger partial charge on any atom is 0.268 e. The Bertz CT molecular complexity index is 354. The second-order valence-electron chi connectivity index (χ2n) is 2.79. The lowest BCUT2D eigenvalue weighted by atomic mass is 10.1. The molecule has 6 heteroatoms. The van der Waals surface area contributed by atoms with E-state index in [2.05, 4.69) is 4.74 Å². The van der Waals surface area contributed by atoms with Crippen LogP contribution in [-0.2, 0) is 0 Å². The van der Waals surface area contributed by atoms with E-state index in [1.54, 1.807) is 0 Å². The number of aliphatic hydroxyl groups is 1. The highest BCUT2D eigenvalue weighted by atomic mass is 19.3. The van der Waals surface area contributed by atoms with E-state index in [0.29, 0.717) is 12.1 Å². The molecule has 0 heterocycles. The molecule has 84 valence electrons. The number of alkyl halides is 2. The number of hydrogen-bond acceptors (Lipinski definition) is 2. The third kappa shape index (κ3) is 2.38. The van der Waals surface area contributed by atoms with Crippen LogP contribution in [0.3, 0.4) is 0 Å². The zero-order chi connectivity index (χ0) is 11.6. The fourth-order valence-electron chi connectivity index (χ4n) is 1.15. The first-order valence-corrected chi connectivity index (χ1v) is 3.96. The zero-order valence-corrected chi connectivity index (χ0v) is 7.68. The number of hydrogen-bond donors (Lipinski definition) is 1. The summed E-state index contributed by atoms with van der Waals surface area (Å²) in [6.07, 6.45) is -5.41. The molecule has 0 bridgehead atoms. The summed E-state index contributed by atoms with van der Waals surface area (Å²) in [5.74, 6) is -2.76. The molecule has 1 aromatic rings. The molecule has 1 unspecified atom stereocenters. The van der Waals surface area contributed by atoms with Gasteiger partial charge >= 0.3 is 0 Å². The van der Waals surface area contributed by atoms with E-state index >= 15 is 0 Å². The summed E-state index contributed by atoms with van der Waals surface area (Å²) >= 11 is 0. The van der Waals surface area contributed by atoms with Crippen molar-refractivity contribution in [2.75, 3.05) is 7.11 Å². The van der Waals surface area contributed by atoms with Gasteiger partial charge in [0.25, 0.3) is 6.43 Å². The van der Waals surface area contributed by atoms with Crippen molar-refractivity contribution < 1.29 is 27.4 Å². The van der Waals surface area contributed by atoms with E-state index in [4.69, 9.17) is 5.11 Å². The highest BCUT2D eigenvalue weighted by molar-refractivity contribution is 5.37. The quantitative estimate of drug-likeness (QED) is 0.798. The number of halogens is 4. The van der Waals surface area contributed by atoms with Crippen LogP contribution in [0, 0.1) is 11.6 Å². The van der Waals surface area contributed by atoms with Gasteiger partial charge in [-0.05, 0) is 6.07 Å². The highest BCUT2D eigenvalue weighted by Crippen LogP contribution is 2.32. The molecule has 1 aromatic carbocycles. The lowest BCUT2D eigenvalue weighted by molar-refractivity contribution is -0.00739. The molecule has 15 heavy (non-hydrogen) atoms. The van der Waals surface area contributed by atoms with E-state index < -0.39 is 35.5 Å². The van der Waals surface area contributed by atoms with Gasteiger partial charge in [0.1, 0.15) is 11.9 Å². The van der Waals surface area contributed by atoms with Crippen LogP contribution in [0.4, 0.5) is 17.6 Å². The highest BCUT2D eigenvalue weighted by Gasteiger charge is 2.25. The van der Waals surface area contributed by atoms with Gasteiger partial charge in [-0.2, -0.15) is 0 Å². The SMILES string of the molecule is COc1c(F)cc(F)cc1C(O)C(F)F. The van der Waals surface area contributed by atoms with E-state index in [-0.39, 0.29) is 0 Å². The van der Waals surface area contributed by atoms with Crippen molar-refractivity contribution in [2.24, 2.45) is 0 Å². The Kier molecular flexibility index (Phi) is 3.52. The van der Waals surface area contributed by atoms with E-state index in [1.165, 1.54) is 0 Å². The molecule has 0 aliphatic carbocycles. The van der Waals surface area contributed by atoms with Gasteiger partial charge in [0.15, 0.2) is 11.6 Å². The van der Waals surface area contributed by atoms with Gasteiger partial charge in [-0.15, -0.1) is 0 Å². The normalized spacial score (nSPS) is 13.0. The second kappa shape index (κ2) is 4.48. The fourth-order valence-corrected chi connectivity index (χ4v) is 1.15. The summed E-state index contributed by atoms with van der Waals surface area (Å²) in [6.45, 7) is 0. The first-order valence-electron chi connectivity index (χ1n) is 3.96. The predicted octanol–water partition coefficient (Wildman–Crippen LogP) is 2.27. The van der Waals surface area contributed by atoms with Gasteiger partial charge in [0.05, 0.1) is 7.11 Å². The molecule has 0 aromatic heterocycles. The van der Waals surface area contributed by atoms with Crippen molar-refractivity contribution in [3.8, 4) is 5.75 Å². The van der Waals surface area contributed by atoms with Crippen molar-refractivity contribution in [1.29, 1.82) is 0 Å². The Hall–Kier alpha value is -1.30. The molecule has 2 nitrogen and oxygen atoms in total. The smallest absolute Gasteiger partial charge is 0.268 e. The van der Waals surface area contributed by atoms with Gasteiger partial charge in [-0.1, -0.05) is 0 Å². The molecule has 1 atom stereocenters. The Morgan fingerprint density at radius 1 is 1.27 bits per heavy atom. The van der Waals surface area contributed by atoms with Crippen molar-refractivity contribution in [3.63, 3.8) is 0 Å². The van der Waals surface area contributed by atoms with Gasteiger partial charge < -0.3 is 9.84 Å². The topological polar surface area (TPSA) is 29.5 Å². The monoisotopic (exact) mass is 224 g/mol. The minimum Gasteiger partial charge on any atom is -0.493 e. The van der Waals surface area contributed by atoms with Gasteiger partial charge in [0.2, 0.25) is 0 Å². The van der Waals surface area contributed by atoms with Crippen molar-refractivity contribution in [2.45, 2.75) is 12.5 Å². The van der Waals surface area contributed by atoms with Crippen molar-refractivity contribution in [3.05, 3.63) is 29.3 Å². The molecule has 0 saturated carbocycles. The second-order valence-corrected chi connectivity index (χ2v) is 2.79. The van der Waals surface area contributed by atoms with Crippen LogP contribution in [0.2, 0.25) is 0 Å². The average molecular weight is 224 g/mol. The van der Waals surface area contributed by atoms with Gasteiger partial charge in [-0.25, -0.2) is 17.6 Å². The van der Waals surface area contributed by atoms with Crippen LogP contribution in [0.5, 0.6) is 5.75 Å². The molecule has 0 saturated heterocycles. The van der Waals surface area contributed by atoms with E-state index in [0.717, 1.165) is 7.11 Å². The molecule has 0 amide bonds. The van der Waals surface area contributed by atoms with Crippen molar-refractivity contribution >= 4 is 0 Å². The number of rotatable bonds is 3. The lowest BCUT2D eigenvalue weighted by Crippen LogP contribution is -2.11. The summed E-state index contributed by atoms with van der Waals surface area (Å²) in [5.41, 5.74) is -0.606. The first kappa shape index (κ1) is 11.8. The van der Waals surface area contributed by atoms with Crippen LogP contribution < -0.4 is 4.74 Å². The average Bonchev–Trinajstić information content (AvgIpc) is 2.15. The summed E-state index contributed by atoms with van der Waals surface area (Å²) in [4.78, 5) is 0. The Morgan fingerprint density at radius 3 is 2.33 bits per heavy atom. The Labute approximate surface area is 83.1 Å². The minimum absolute atomic E-state index is 0.487. The predicted molar refractivity (Wildman–Crippen MR) is 43.9 cm³/mol. The third-order valence-electron chi connectivity index (χ3n) is 1.80. The molecular formula is C9H8F4O2. The summed E-state index contributed by atoms with van der Waals surface area (Å²) in [7, 11) is 1.04. The maximum absolute atomic E-state index is 13.0. The molecule has 0 aliphatic heterocycles. The van der Waals surface area contributed by atoms with Crippen LogP contribution in [0.15, 0.2) is 12.1 Å². The van der Waals surface area contributed by atoms with Gasteiger partial charge in [-0.3, -0.25) is 0 Å². The molecule has 1 rings (SSSR count). The molecule has 0 radical (unpaired) electrons. The lowest BCUT2D eigenvalue weighted by Gasteiger charge is -2.14. The maximum atomic E-state index is 13.0. The Balaban J connectivity index is 3.26. The third-order valence-corrected chi connectivity index (χ3v) is 1.80. The molecule has 0 fully saturated rings. The number of benzene rings is 1. The first-order chi connectivity index (χ1) is 6.97. The molecule has 0 spiro atoms. The number of aliphatic hydroxyl groups excluding tert-OH is 1. The summed E-state index contributed by atoms with van der Waals surface area (Å²) in [5, 5.41) is 9.00. The van der Waals surface area contributed by atoms with Crippen LogP contribution in [0.25, 0.3) is 0 Å². The Morgan fingerprint density at radius 2 is 1.87 bits per heavy atom. The van der Waals surface area contributed by atoms with Crippen LogP contribution >= 0.6 is 0 Å². The number of ether oxygens (including phenoxy) is 1. The zero-order valence-electron chi connectivity index (χ0n) is 7.68. The minimum atomic E-state index is -3.14. The standard InChI is InChI=1S/C9H8F4O2/c1-15-8-5(7(14)9(12)13)2-4(10)3-6(8)11/h2-3,7,9,14H,1H3. The van der Waals surface area contributed by atoms with E-state index in [9.17, 15) is 17.6 Å². The molecule has 0 aliphatic rings. The molecular weight excluding hydrogens is 216 g/mol. The fraction of sp³-hybridized carbons (Fsp3) is 0.333.